The molecular formula is C8H6N2O3. The van der Waals surface area contributed by atoms with Crippen molar-refractivity contribution >= 4 is 5.91 Å². The van der Waals surface area contributed by atoms with Crippen molar-refractivity contribution in [2.45, 2.75) is 0 Å². The largest absolute Gasteiger partial charge is 0.472 e. The third-order valence-electron chi connectivity index (χ3n) is 1.63. The van der Waals surface area contributed by atoms with Crippen LogP contribution in [-0.2, 0) is 0 Å². The van der Waals surface area contributed by atoms with Crippen molar-refractivity contribution in [3.63, 3.8) is 0 Å². The molecule has 0 saturated carbocycles. The molecule has 2 heterocycles. The van der Waals surface area contributed by atoms with Crippen LogP contribution >= 0.6 is 0 Å². The summed E-state index contributed by atoms with van der Waals surface area (Å²) in [6, 6.07) is 1.67. The van der Waals surface area contributed by atoms with E-state index >= 15 is 0 Å². The Hall–Kier alpha value is -2.04. The number of furan rings is 1. The fourth-order valence-electron chi connectivity index (χ4n) is 1.02. The lowest BCUT2D eigenvalue weighted by Crippen LogP contribution is -2.10. The van der Waals surface area contributed by atoms with E-state index in [1.54, 1.807) is 6.07 Å². The van der Waals surface area contributed by atoms with E-state index in [1.807, 2.05) is 0 Å². The van der Waals surface area contributed by atoms with Gasteiger partial charge in [0, 0.05) is 5.56 Å². The van der Waals surface area contributed by atoms with Gasteiger partial charge in [0.05, 0.1) is 12.5 Å². The molecule has 5 heteroatoms. The molecule has 0 bridgehead atoms. The molecule has 13 heavy (non-hydrogen) atoms. The van der Waals surface area contributed by atoms with Gasteiger partial charge in [0.2, 0.25) is 0 Å². The number of primary amides is 1. The highest BCUT2D eigenvalue weighted by molar-refractivity contribution is 5.98. The second-order valence-electron chi connectivity index (χ2n) is 2.45. The number of nitrogens with zero attached hydrogens (tertiary/aromatic N) is 1. The van der Waals surface area contributed by atoms with Crippen LogP contribution in [-0.4, -0.2) is 11.1 Å². The Morgan fingerprint density at radius 3 is 2.92 bits per heavy atom. The number of hydrogen-bond acceptors (Lipinski definition) is 4. The zero-order valence-electron chi connectivity index (χ0n) is 6.56. The first kappa shape index (κ1) is 7.60. The maximum Gasteiger partial charge on any atom is 0.254 e. The first-order valence-electron chi connectivity index (χ1n) is 3.56. The van der Waals surface area contributed by atoms with Gasteiger partial charge in [-0.2, -0.15) is 0 Å². The molecular weight excluding hydrogens is 172 g/mol. The zero-order valence-corrected chi connectivity index (χ0v) is 6.56. The van der Waals surface area contributed by atoms with Gasteiger partial charge >= 0.3 is 0 Å². The molecule has 66 valence electrons. The quantitative estimate of drug-likeness (QED) is 0.744. The summed E-state index contributed by atoms with van der Waals surface area (Å²) in [6.45, 7) is 0. The summed E-state index contributed by atoms with van der Waals surface area (Å²) < 4.78 is 9.48. The van der Waals surface area contributed by atoms with Gasteiger partial charge in [-0.05, 0) is 6.07 Å². The zero-order chi connectivity index (χ0) is 9.26. The predicted octanol–water partition coefficient (Wildman–Crippen LogP) is 1.03. The minimum atomic E-state index is -0.572. The van der Waals surface area contributed by atoms with Gasteiger partial charge in [-0.3, -0.25) is 4.79 Å². The summed E-state index contributed by atoms with van der Waals surface area (Å²) in [5, 5.41) is 3.64. The number of nitrogens with two attached hydrogens (primary N) is 1. The molecule has 5 nitrogen and oxygen atoms in total. The van der Waals surface area contributed by atoms with Crippen LogP contribution in [0.2, 0.25) is 0 Å². The number of carbonyl (C=O) groups excluding carboxylic acids is 1. The highest BCUT2D eigenvalue weighted by atomic mass is 16.5. The molecule has 0 spiro atoms. The third-order valence-corrected chi connectivity index (χ3v) is 1.63. The third kappa shape index (κ3) is 1.20. The normalized spacial score (nSPS) is 10.2. The minimum absolute atomic E-state index is 0.251. The summed E-state index contributed by atoms with van der Waals surface area (Å²) in [7, 11) is 0. The molecule has 2 aromatic rings. The van der Waals surface area contributed by atoms with Gasteiger partial charge in [0.15, 0.2) is 0 Å². The van der Waals surface area contributed by atoms with Crippen molar-refractivity contribution < 1.29 is 13.7 Å². The van der Waals surface area contributed by atoms with Crippen molar-refractivity contribution in [1.29, 1.82) is 0 Å². The van der Waals surface area contributed by atoms with Gasteiger partial charge in [-0.25, -0.2) is 0 Å². The summed E-state index contributed by atoms with van der Waals surface area (Å²) in [6.07, 6.45) is 4.16. The highest BCUT2D eigenvalue weighted by Gasteiger charge is 2.15. The summed E-state index contributed by atoms with van der Waals surface area (Å²) in [5.74, 6) is -0.572. The van der Waals surface area contributed by atoms with Crippen LogP contribution in [0.4, 0.5) is 0 Å². The smallest absolute Gasteiger partial charge is 0.254 e. The molecule has 2 aromatic heterocycles. The van der Waals surface area contributed by atoms with E-state index in [-0.39, 0.29) is 5.56 Å². The van der Waals surface area contributed by atoms with Crippen LogP contribution in [0.3, 0.4) is 0 Å². The molecule has 0 aliphatic heterocycles. The topological polar surface area (TPSA) is 82.3 Å². The maximum absolute atomic E-state index is 10.9. The molecule has 2 rings (SSSR count). The molecule has 0 atom stereocenters. The molecule has 0 fully saturated rings. The van der Waals surface area contributed by atoms with E-state index in [4.69, 9.17) is 10.2 Å². The number of carbonyl (C=O) groups is 1. The van der Waals surface area contributed by atoms with Crippen molar-refractivity contribution in [2.75, 3.05) is 0 Å². The Morgan fingerprint density at radius 2 is 2.31 bits per heavy atom. The van der Waals surface area contributed by atoms with Crippen molar-refractivity contribution in [1.82, 2.24) is 5.16 Å². The van der Waals surface area contributed by atoms with E-state index in [2.05, 4.69) is 9.68 Å². The van der Waals surface area contributed by atoms with Crippen LogP contribution in [0.15, 0.2) is 33.8 Å². The Kier molecular flexibility index (Phi) is 1.63. The summed E-state index contributed by atoms with van der Waals surface area (Å²) in [5.41, 5.74) is 6.42. The lowest BCUT2D eigenvalue weighted by atomic mass is 10.1. The molecule has 0 aromatic carbocycles. The monoisotopic (exact) mass is 178 g/mol. The number of rotatable bonds is 2. The molecule has 2 N–H and O–H groups in total. The fraction of sp³-hybridized carbons (Fsp3) is 0. The van der Waals surface area contributed by atoms with Crippen LogP contribution in [0.25, 0.3) is 11.3 Å². The fourth-order valence-corrected chi connectivity index (χ4v) is 1.02. The van der Waals surface area contributed by atoms with Gasteiger partial charge < -0.3 is 14.7 Å². The van der Waals surface area contributed by atoms with Crippen LogP contribution in [0.1, 0.15) is 10.4 Å². The van der Waals surface area contributed by atoms with Crippen molar-refractivity contribution in [3.05, 3.63) is 30.4 Å². The predicted molar refractivity (Wildman–Crippen MR) is 42.7 cm³/mol. The number of aromatic nitrogens is 1. The molecule has 0 unspecified atom stereocenters. The average molecular weight is 178 g/mol. The number of hydrogen-bond donors (Lipinski definition) is 1. The minimum Gasteiger partial charge on any atom is -0.472 e. The van der Waals surface area contributed by atoms with Gasteiger partial charge in [0.1, 0.15) is 17.5 Å². The Labute approximate surface area is 73.1 Å². The standard InChI is InChI=1S/C8H6N2O3/c9-8(11)6-4-13-10-7(6)5-1-2-12-3-5/h1-4H,(H2,9,11). The Balaban J connectivity index is 2.52. The first-order valence-corrected chi connectivity index (χ1v) is 3.56. The second kappa shape index (κ2) is 2.78. The lowest BCUT2D eigenvalue weighted by molar-refractivity contribution is 0.1000. The number of amides is 1. The van der Waals surface area contributed by atoms with E-state index in [1.165, 1.54) is 18.8 Å². The summed E-state index contributed by atoms with van der Waals surface area (Å²) in [4.78, 5) is 10.9. The van der Waals surface area contributed by atoms with Crippen molar-refractivity contribution in [3.8, 4) is 11.3 Å². The molecule has 0 aliphatic carbocycles. The van der Waals surface area contributed by atoms with Crippen LogP contribution in [0.5, 0.6) is 0 Å². The lowest BCUT2D eigenvalue weighted by Gasteiger charge is -1.90. The van der Waals surface area contributed by atoms with E-state index in [9.17, 15) is 4.79 Å². The molecule has 0 aliphatic rings. The Morgan fingerprint density at radius 1 is 1.46 bits per heavy atom. The Bertz CT molecular complexity index is 416. The molecule has 0 saturated heterocycles. The average Bonchev–Trinajstić information content (AvgIpc) is 2.74. The van der Waals surface area contributed by atoms with Crippen LogP contribution < -0.4 is 5.73 Å². The molecule has 1 amide bonds. The maximum atomic E-state index is 10.9. The van der Waals surface area contributed by atoms with Gasteiger partial charge in [-0.15, -0.1) is 0 Å². The van der Waals surface area contributed by atoms with Gasteiger partial charge in [0.25, 0.3) is 5.91 Å². The summed E-state index contributed by atoms with van der Waals surface area (Å²) >= 11 is 0. The van der Waals surface area contributed by atoms with E-state index in [0.29, 0.717) is 11.3 Å². The van der Waals surface area contributed by atoms with Crippen LogP contribution in [0, 0.1) is 0 Å². The van der Waals surface area contributed by atoms with Crippen molar-refractivity contribution in [2.24, 2.45) is 5.73 Å². The molecule has 0 radical (unpaired) electrons. The highest BCUT2D eigenvalue weighted by Crippen LogP contribution is 2.21. The van der Waals surface area contributed by atoms with Gasteiger partial charge in [-0.1, -0.05) is 5.16 Å². The van der Waals surface area contributed by atoms with E-state index in [0.717, 1.165) is 0 Å². The first-order chi connectivity index (χ1) is 6.29. The van der Waals surface area contributed by atoms with E-state index < -0.39 is 5.91 Å². The second-order valence-corrected chi connectivity index (χ2v) is 2.45. The SMILES string of the molecule is NC(=O)c1conc1-c1ccoc1.